The summed E-state index contributed by atoms with van der Waals surface area (Å²) in [6.07, 6.45) is 4.86. The van der Waals surface area contributed by atoms with Gasteiger partial charge in [-0.25, -0.2) is 12.4 Å². The van der Waals surface area contributed by atoms with Gasteiger partial charge >= 0.3 is 0 Å². The fourth-order valence-corrected chi connectivity index (χ4v) is 5.61. The zero-order chi connectivity index (χ0) is 20.0. The van der Waals surface area contributed by atoms with Crippen LogP contribution in [0.1, 0.15) is 22.3 Å². The van der Waals surface area contributed by atoms with Gasteiger partial charge in [0.05, 0.1) is 11.0 Å². The molecule has 1 N–H and O–H groups in total. The number of hydrogen-bond donors (Lipinski definition) is 1. The Morgan fingerprint density at radius 3 is 2.72 bits per heavy atom. The molecule has 1 saturated heterocycles. The molecule has 0 spiro atoms. The summed E-state index contributed by atoms with van der Waals surface area (Å²) in [6.45, 7) is 5.76. The number of nitrogens with one attached hydrogen (secondary N) is 1. The Morgan fingerprint density at radius 2 is 1.97 bits per heavy atom. The van der Waals surface area contributed by atoms with Gasteiger partial charge in [0.1, 0.15) is 5.25 Å². The molecular formula is C23H21N3O2S. The van der Waals surface area contributed by atoms with Gasteiger partial charge in [0, 0.05) is 42.2 Å². The molecule has 0 aliphatic carbocycles. The third kappa shape index (κ3) is 2.96. The molecule has 0 bridgehead atoms. The van der Waals surface area contributed by atoms with Crippen molar-refractivity contribution in [2.75, 3.05) is 13.1 Å². The molecule has 6 heteroatoms. The molecule has 4 aromatic rings. The van der Waals surface area contributed by atoms with Crippen molar-refractivity contribution in [2.45, 2.75) is 11.2 Å². The summed E-state index contributed by atoms with van der Waals surface area (Å²) in [5.41, 5.74) is 3.45. The van der Waals surface area contributed by atoms with Crippen molar-refractivity contribution < 1.29 is 8.42 Å². The molecule has 2 aromatic carbocycles. The van der Waals surface area contributed by atoms with E-state index in [-0.39, 0.29) is 0 Å². The van der Waals surface area contributed by atoms with Crippen molar-refractivity contribution in [3.63, 3.8) is 0 Å². The predicted molar refractivity (Wildman–Crippen MR) is 117 cm³/mol. The third-order valence-electron chi connectivity index (χ3n) is 5.70. The molecule has 0 saturated carbocycles. The number of pyridine rings is 1. The number of hydrogen-bond acceptors (Lipinski definition) is 4. The van der Waals surface area contributed by atoms with Gasteiger partial charge in [0.15, 0.2) is 0 Å². The van der Waals surface area contributed by atoms with Gasteiger partial charge in [-0.05, 0) is 47.5 Å². The lowest BCUT2D eigenvalue weighted by molar-refractivity contribution is 0.449. The maximum absolute atomic E-state index is 13.5. The van der Waals surface area contributed by atoms with Crippen LogP contribution in [0, 0.1) is 0 Å². The normalized spacial score (nSPS) is 16.0. The van der Waals surface area contributed by atoms with Crippen molar-refractivity contribution in [1.82, 2.24) is 14.3 Å². The molecule has 1 fully saturated rings. The predicted octanol–water partition coefficient (Wildman–Crippen LogP) is 3.98. The van der Waals surface area contributed by atoms with Crippen LogP contribution in [0.4, 0.5) is 0 Å². The van der Waals surface area contributed by atoms with Crippen LogP contribution in [0.3, 0.4) is 0 Å². The second-order valence-electron chi connectivity index (χ2n) is 7.44. The highest BCUT2D eigenvalue weighted by Crippen LogP contribution is 2.32. The van der Waals surface area contributed by atoms with E-state index in [0.717, 1.165) is 29.4 Å². The van der Waals surface area contributed by atoms with E-state index in [1.54, 1.807) is 12.4 Å². The zero-order valence-electron chi connectivity index (χ0n) is 15.8. The average molecular weight is 404 g/mol. The van der Waals surface area contributed by atoms with E-state index >= 15 is 0 Å². The summed E-state index contributed by atoms with van der Waals surface area (Å²) in [7, 11) is -3.71. The van der Waals surface area contributed by atoms with E-state index in [1.165, 1.54) is 15.6 Å². The Labute approximate surface area is 169 Å². The summed E-state index contributed by atoms with van der Waals surface area (Å²) in [5, 5.41) is 4.26. The van der Waals surface area contributed by atoms with Crippen LogP contribution in [0.5, 0.6) is 0 Å². The summed E-state index contributed by atoms with van der Waals surface area (Å²) in [5.74, 6) is 0.506. The number of aromatic nitrogens is 2. The molecule has 0 amide bonds. The lowest BCUT2D eigenvalue weighted by atomic mass is 9.93. The highest BCUT2D eigenvalue weighted by molar-refractivity contribution is 7.90. The third-order valence-corrected chi connectivity index (χ3v) is 7.67. The monoisotopic (exact) mass is 403 g/mol. The molecule has 5 nitrogen and oxygen atoms in total. The SMILES string of the molecule is C=CC(c1ccc2ncccc2c1)S(=O)(=O)n1ccc2cc(C3CNC3)ccc21. The molecule has 29 heavy (non-hydrogen) atoms. The standard InChI is InChI=1S/C23H21N3O2S/c1-2-23(19-5-7-21-17(13-19)4-3-10-25-21)29(27,28)26-11-9-18-12-16(6-8-22(18)26)20-14-24-15-20/h2-13,20,23-24H,1,14-15H2. The zero-order valence-corrected chi connectivity index (χ0v) is 16.6. The van der Waals surface area contributed by atoms with Gasteiger partial charge in [-0.1, -0.05) is 24.3 Å². The molecule has 2 aromatic heterocycles. The number of fused-ring (bicyclic) bond motifs is 2. The molecule has 0 radical (unpaired) electrons. The largest absolute Gasteiger partial charge is 0.315 e. The molecule has 3 heterocycles. The van der Waals surface area contributed by atoms with E-state index in [0.29, 0.717) is 17.0 Å². The van der Waals surface area contributed by atoms with Crippen molar-refractivity contribution in [1.29, 1.82) is 0 Å². The fourth-order valence-electron chi connectivity index (χ4n) is 3.96. The van der Waals surface area contributed by atoms with E-state index < -0.39 is 15.3 Å². The summed E-state index contributed by atoms with van der Waals surface area (Å²) in [6, 6.07) is 17.2. The van der Waals surface area contributed by atoms with Gasteiger partial charge < -0.3 is 5.32 Å². The topological polar surface area (TPSA) is 64.0 Å². The summed E-state index contributed by atoms with van der Waals surface area (Å²) < 4.78 is 28.4. The van der Waals surface area contributed by atoms with Crippen LogP contribution < -0.4 is 5.32 Å². The van der Waals surface area contributed by atoms with Crippen molar-refractivity contribution >= 4 is 31.8 Å². The maximum Gasteiger partial charge on any atom is 0.249 e. The minimum atomic E-state index is -3.71. The Kier molecular flexibility index (Phi) is 4.26. The van der Waals surface area contributed by atoms with Gasteiger partial charge in [-0.15, -0.1) is 6.58 Å². The Morgan fingerprint density at radius 1 is 1.10 bits per heavy atom. The number of rotatable bonds is 5. The average Bonchev–Trinajstić information content (AvgIpc) is 3.11. The lowest BCUT2D eigenvalue weighted by Crippen LogP contribution is -2.39. The van der Waals surface area contributed by atoms with Crippen LogP contribution in [-0.4, -0.2) is 30.5 Å². The minimum absolute atomic E-state index is 0.506. The molecular weight excluding hydrogens is 382 g/mol. The molecule has 1 aliphatic heterocycles. The second kappa shape index (κ2) is 6.83. The quantitative estimate of drug-likeness (QED) is 0.512. The van der Waals surface area contributed by atoms with Crippen LogP contribution in [0.2, 0.25) is 0 Å². The molecule has 1 unspecified atom stereocenters. The molecule has 1 atom stereocenters. The van der Waals surface area contributed by atoms with Gasteiger partial charge in [0.25, 0.3) is 0 Å². The second-order valence-corrected chi connectivity index (χ2v) is 9.37. The van der Waals surface area contributed by atoms with Crippen LogP contribution in [0.25, 0.3) is 21.8 Å². The Bertz CT molecular complexity index is 1340. The van der Waals surface area contributed by atoms with Gasteiger partial charge in [-0.3, -0.25) is 4.98 Å². The fraction of sp³-hybridized carbons (Fsp3) is 0.174. The van der Waals surface area contributed by atoms with Crippen molar-refractivity contribution in [3.05, 3.63) is 90.8 Å². The number of nitrogens with zero attached hydrogens (tertiary/aromatic N) is 2. The van der Waals surface area contributed by atoms with Crippen LogP contribution >= 0.6 is 0 Å². The van der Waals surface area contributed by atoms with E-state index in [2.05, 4.69) is 22.9 Å². The number of benzene rings is 2. The van der Waals surface area contributed by atoms with E-state index in [1.807, 2.05) is 48.5 Å². The van der Waals surface area contributed by atoms with Gasteiger partial charge in [-0.2, -0.15) is 0 Å². The Balaban J connectivity index is 1.58. The first kappa shape index (κ1) is 18.1. The first-order chi connectivity index (χ1) is 14.1. The molecule has 5 rings (SSSR count). The lowest BCUT2D eigenvalue weighted by Gasteiger charge is -2.27. The first-order valence-electron chi connectivity index (χ1n) is 9.61. The smallest absolute Gasteiger partial charge is 0.249 e. The van der Waals surface area contributed by atoms with E-state index in [4.69, 9.17) is 0 Å². The van der Waals surface area contributed by atoms with Crippen LogP contribution in [0.15, 0.2) is 79.6 Å². The van der Waals surface area contributed by atoms with Crippen LogP contribution in [-0.2, 0) is 10.0 Å². The Hall–Kier alpha value is -2.96. The minimum Gasteiger partial charge on any atom is -0.315 e. The maximum atomic E-state index is 13.5. The molecule has 146 valence electrons. The highest BCUT2D eigenvalue weighted by Gasteiger charge is 2.28. The summed E-state index contributed by atoms with van der Waals surface area (Å²) in [4.78, 5) is 4.31. The first-order valence-corrected chi connectivity index (χ1v) is 11.1. The van der Waals surface area contributed by atoms with Crippen molar-refractivity contribution in [2.24, 2.45) is 0 Å². The van der Waals surface area contributed by atoms with E-state index in [9.17, 15) is 8.42 Å². The highest BCUT2D eigenvalue weighted by atomic mass is 32.2. The molecule has 1 aliphatic rings. The summed E-state index contributed by atoms with van der Waals surface area (Å²) >= 11 is 0. The van der Waals surface area contributed by atoms with Gasteiger partial charge in [0.2, 0.25) is 10.0 Å². The van der Waals surface area contributed by atoms with Crippen molar-refractivity contribution in [3.8, 4) is 0 Å².